The summed E-state index contributed by atoms with van der Waals surface area (Å²) >= 11 is 0. The number of nitrogens with zero attached hydrogens (tertiary/aromatic N) is 2. The number of hydrogen-bond acceptors (Lipinski definition) is 5. The molecule has 0 saturated carbocycles. The number of nitrogen functional groups attached to an aromatic ring is 1. The summed E-state index contributed by atoms with van der Waals surface area (Å²) in [7, 11) is 0. The minimum Gasteiger partial charge on any atom is -0.382 e. The van der Waals surface area contributed by atoms with E-state index in [0.717, 1.165) is 5.69 Å². The number of nitrogens with two attached hydrogens (primary N) is 1. The topological polar surface area (TPSA) is 92.9 Å². The highest BCUT2D eigenvalue weighted by atomic mass is 16.1. The lowest BCUT2D eigenvalue weighted by Gasteiger charge is -2.08. The Morgan fingerprint density at radius 3 is 2.68 bits per heavy atom. The number of para-hydroxylation sites is 1. The normalized spacial score (nSPS) is 9.95. The van der Waals surface area contributed by atoms with Gasteiger partial charge in [-0.15, -0.1) is 0 Å². The second kappa shape index (κ2) is 5.81. The average Bonchev–Trinajstić information content (AvgIpc) is 2.43. The number of hydrogen-bond donors (Lipinski definition) is 3. The van der Waals surface area contributed by atoms with Gasteiger partial charge in [0, 0.05) is 12.1 Å². The Balaban J connectivity index is 2.13. The summed E-state index contributed by atoms with van der Waals surface area (Å²) in [4.78, 5) is 19.5. The van der Waals surface area contributed by atoms with Gasteiger partial charge in [-0.2, -0.15) is 4.98 Å². The van der Waals surface area contributed by atoms with E-state index in [1.807, 2.05) is 30.3 Å². The molecule has 1 amide bonds. The van der Waals surface area contributed by atoms with Crippen LogP contribution in [0.5, 0.6) is 0 Å². The molecule has 6 nitrogen and oxygen atoms in total. The Morgan fingerprint density at radius 2 is 2.05 bits per heavy atom. The van der Waals surface area contributed by atoms with E-state index in [1.54, 1.807) is 6.92 Å². The highest BCUT2D eigenvalue weighted by Crippen LogP contribution is 2.18. The molecule has 1 aromatic carbocycles. The van der Waals surface area contributed by atoms with Gasteiger partial charge in [0.25, 0.3) is 0 Å². The summed E-state index contributed by atoms with van der Waals surface area (Å²) in [6.45, 7) is 1.76. The third-order valence-corrected chi connectivity index (χ3v) is 2.44. The molecule has 1 aromatic heterocycles. The number of nitrogens with one attached hydrogen (secondary N) is 2. The number of amides is 1. The van der Waals surface area contributed by atoms with E-state index in [1.165, 1.54) is 6.20 Å². The van der Waals surface area contributed by atoms with Gasteiger partial charge in [0.15, 0.2) is 5.82 Å². The molecule has 0 aliphatic carbocycles. The fraction of sp³-hybridized carbons (Fsp3) is 0.154. The molecular weight excluding hydrogens is 242 g/mol. The molecular formula is C13H15N5O. The molecule has 0 atom stereocenters. The number of rotatable bonds is 4. The summed E-state index contributed by atoms with van der Waals surface area (Å²) < 4.78 is 0. The largest absolute Gasteiger partial charge is 0.382 e. The summed E-state index contributed by atoms with van der Waals surface area (Å²) in [6.07, 6.45) is 1.87. The molecule has 1 heterocycles. The maximum absolute atomic E-state index is 11.3. The van der Waals surface area contributed by atoms with Crippen molar-refractivity contribution in [1.82, 2.24) is 9.97 Å². The third-order valence-electron chi connectivity index (χ3n) is 2.44. The lowest BCUT2D eigenvalue weighted by atomic mass is 10.3. The highest BCUT2D eigenvalue weighted by Gasteiger charge is 2.06. The first kappa shape index (κ1) is 12.8. The van der Waals surface area contributed by atoms with E-state index in [9.17, 15) is 4.79 Å². The zero-order chi connectivity index (χ0) is 13.7. The van der Waals surface area contributed by atoms with Crippen molar-refractivity contribution in [3.63, 3.8) is 0 Å². The Bertz CT molecular complexity index is 571. The van der Waals surface area contributed by atoms with E-state index in [4.69, 9.17) is 5.73 Å². The molecule has 2 rings (SSSR count). The number of benzene rings is 1. The first-order valence-corrected chi connectivity index (χ1v) is 5.93. The van der Waals surface area contributed by atoms with Gasteiger partial charge >= 0.3 is 0 Å². The van der Waals surface area contributed by atoms with Crippen LogP contribution < -0.4 is 16.4 Å². The van der Waals surface area contributed by atoms with Crippen molar-refractivity contribution in [2.24, 2.45) is 0 Å². The molecule has 2 aromatic rings. The first-order chi connectivity index (χ1) is 9.19. The van der Waals surface area contributed by atoms with Gasteiger partial charge in [-0.3, -0.25) is 4.79 Å². The van der Waals surface area contributed by atoms with Gasteiger partial charge in [0.2, 0.25) is 11.9 Å². The quantitative estimate of drug-likeness (QED) is 0.780. The Labute approximate surface area is 111 Å². The van der Waals surface area contributed by atoms with Crippen LogP contribution in [0.1, 0.15) is 13.3 Å². The second-order valence-electron chi connectivity index (χ2n) is 3.89. The first-order valence-electron chi connectivity index (χ1n) is 5.93. The maximum atomic E-state index is 11.3. The fourth-order valence-corrected chi connectivity index (χ4v) is 1.44. The van der Waals surface area contributed by atoms with Crippen molar-refractivity contribution in [2.45, 2.75) is 13.3 Å². The highest BCUT2D eigenvalue weighted by molar-refractivity contribution is 5.92. The van der Waals surface area contributed by atoms with E-state index >= 15 is 0 Å². The van der Waals surface area contributed by atoms with E-state index in [-0.39, 0.29) is 11.7 Å². The zero-order valence-corrected chi connectivity index (χ0v) is 10.6. The smallest absolute Gasteiger partial charge is 0.229 e. The second-order valence-corrected chi connectivity index (χ2v) is 3.89. The maximum Gasteiger partial charge on any atom is 0.229 e. The van der Waals surface area contributed by atoms with Gasteiger partial charge < -0.3 is 16.4 Å². The summed E-state index contributed by atoms with van der Waals surface area (Å²) in [5, 5.41) is 5.66. The summed E-state index contributed by atoms with van der Waals surface area (Å²) in [5.41, 5.74) is 7.06. The molecule has 0 unspecified atom stereocenters. The van der Waals surface area contributed by atoms with Crippen molar-refractivity contribution in [3.05, 3.63) is 36.5 Å². The van der Waals surface area contributed by atoms with Crippen molar-refractivity contribution >= 4 is 29.0 Å². The van der Waals surface area contributed by atoms with Crippen LogP contribution in [0.4, 0.5) is 23.1 Å². The Kier molecular flexibility index (Phi) is 3.92. The molecule has 0 aliphatic rings. The standard InChI is InChI=1S/C13H15N5O/c1-2-11(19)17-10-8-15-13(18-12(10)14)16-9-6-4-3-5-7-9/h3-8H,2H2,1H3,(H,17,19)(H3,14,15,16,18). The molecule has 0 radical (unpaired) electrons. The minimum absolute atomic E-state index is 0.126. The van der Waals surface area contributed by atoms with Crippen LogP contribution in [-0.4, -0.2) is 15.9 Å². The van der Waals surface area contributed by atoms with Crippen molar-refractivity contribution in [2.75, 3.05) is 16.4 Å². The molecule has 0 spiro atoms. The number of carbonyl (C=O) groups excluding carboxylic acids is 1. The van der Waals surface area contributed by atoms with E-state index in [2.05, 4.69) is 20.6 Å². The molecule has 4 N–H and O–H groups in total. The van der Waals surface area contributed by atoms with Crippen LogP contribution in [0.15, 0.2) is 36.5 Å². The summed E-state index contributed by atoms with van der Waals surface area (Å²) in [6, 6.07) is 9.52. The lowest BCUT2D eigenvalue weighted by molar-refractivity contribution is -0.115. The third kappa shape index (κ3) is 3.41. The number of anilines is 4. The van der Waals surface area contributed by atoms with Gasteiger partial charge in [0.05, 0.1) is 6.20 Å². The Hall–Kier alpha value is -2.63. The minimum atomic E-state index is -0.126. The lowest BCUT2D eigenvalue weighted by Crippen LogP contribution is -2.13. The molecule has 6 heteroatoms. The van der Waals surface area contributed by atoms with Crippen LogP contribution in [-0.2, 0) is 4.79 Å². The predicted molar refractivity (Wildman–Crippen MR) is 75.1 cm³/mol. The van der Waals surface area contributed by atoms with Gasteiger partial charge in [-0.25, -0.2) is 4.98 Å². The molecule has 19 heavy (non-hydrogen) atoms. The predicted octanol–water partition coefficient (Wildman–Crippen LogP) is 2.15. The summed E-state index contributed by atoms with van der Waals surface area (Å²) in [5.74, 6) is 0.493. The van der Waals surface area contributed by atoms with E-state index in [0.29, 0.717) is 18.1 Å². The van der Waals surface area contributed by atoms with Crippen LogP contribution in [0.2, 0.25) is 0 Å². The Morgan fingerprint density at radius 1 is 1.32 bits per heavy atom. The number of carbonyl (C=O) groups is 1. The van der Waals surface area contributed by atoms with Crippen LogP contribution in [0.25, 0.3) is 0 Å². The van der Waals surface area contributed by atoms with Gasteiger partial charge in [-0.1, -0.05) is 25.1 Å². The molecule has 0 bridgehead atoms. The van der Waals surface area contributed by atoms with Crippen molar-refractivity contribution in [3.8, 4) is 0 Å². The SMILES string of the molecule is CCC(=O)Nc1cnc(Nc2ccccc2)nc1N. The van der Waals surface area contributed by atoms with Crippen LogP contribution in [0, 0.1) is 0 Å². The van der Waals surface area contributed by atoms with Crippen LogP contribution in [0.3, 0.4) is 0 Å². The zero-order valence-electron chi connectivity index (χ0n) is 10.6. The van der Waals surface area contributed by atoms with Crippen LogP contribution >= 0.6 is 0 Å². The number of aromatic nitrogens is 2. The van der Waals surface area contributed by atoms with Crippen molar-refractivity contribution < 1.29 is 4.79 Å². The van der Waals surface area contributed by atoms with E-state index < -0.39 is 0 Å². The average molecular weight is 257 g/mol. The molecule has 98 valence electrons. The molecule has 0 fully saturated rings. The molecule has 0 aliphatic heterocycles. The van der Waals surface area contributed by atoms with Gasteiger partial charge in [0.1, 0.15) is 5.69 Å². The fourth-order valence-electron chi connectivity index (χ4n) is 1.44. The van der Waals surface area contributed by atoms with Crippen molar-refractivity contribution in [1.29, 1.82) is 0 Å². The molecule has 0 saturated heterocycles. The monoisotopic (exact) mass is 257 g/mol. The van der Waals surface area contributed by atoms with Gasteiger partial charge in [-0.05, 0) is 12.1 Å².